The highest BCUT2D eigenvalue weighted by molar-refractivity contribution is 5.76. The average Bonchev–Trinajstić information content (AvgIpc) is 2.91. The topological polar surface area (TPSA) is 63.3 Å². The SMILES string of the molecule is O=C(O)[C@@H]1C[C@@H]1c1nc2ccccc2o1. The number of aliphatic carboxylic acids is 1. The van der Waals surface area contributed by atoms with Gasteiger partial charge in [0.1, 0.15) is 5.52 Å². The van der Waals surface area contributed by atoms with Crippen molar-refractivity contribution < 1.29 is 14.3 Å². The zero-order chi connectivity index (χ0) is 10.4. The third kappa shape index (κ3) is 1.29. The summed E-state index contributed by atoms with van der Waals surface area (Å²) in [6.07, 6.45) is 0.641. The first-order chi connectivity index (χ1) is 7.25. The number of oxazole rings is 1. The molecular weight excluding hydrogens is 194 g/mol. The number of carbonyl (C=O) groups is 1. The number of fused-ring (bicyclic) bond motifs is 1. The standard InChI is InChI=1S/C11H9NO3/c13-11(14)7-5-6(7)10-12-8-3-1-2-4-9(8)15-10/h1-4,6-7H,5H2,(H,13,14)/t6-,7+/m0/s1. The Balaban J connectivity index is 1.97. The molecule has 1 aromatic heterocycles. The first kappa shape index (κ1) is 8.47. The Kier molecular flexibility index (Phi) is 1.59. The molecule has 15 heavy (non-hydrogen) atoms. The molecule has 1 N–H and O–H groups in total. The number of aromatic nitrogens is 1. The number of benzene rings is 1. The summed E-state index contributed by atoms with van der Waals surface area (Å²) in [4.78, 5) is 15.0. The fraction of sp³-hybridized carbons (Fsp3) is 0.273. The lowest BCUT2D eigenvalue weighted by Gasteiger charge is -1.87. The molecule has 0 amide bonds. The second-order valence-electron chi connectivity index (χ2n) is 3.81. The fourth-order valence-corrected chi connectivity index (χ4v) is 1.79. The smallest absolute Gasteiger partial charge is 0.307 e. The second-order valence-corrected chi connectivity index (χ2v) is 3.81. The van der Waals surface area contributed by atoms with Crippen LogP contribution in [-0.2, 0) is 4.79 Å². The Morgan fingerprint density at radius 3 is 2.93 bits per heavy atom. The van der Waals surface area contributed by atoms with Gasteiger partial charge in [0.2, 0.25) is 0 Å². The van der Waals surface area contributed by atoms with Crippen molar-refractivity contribution in [2.45, 2.75) is 12.3 Å². The van der Waals surface area contributed by atoms with Crippen LogP contribution < -0.4 is 0 Å². The molecule has 0 spiro atoms. The second kappa shape index (κ2) is 2.82. The Morgan fingerprint density at radius 1 is 1.47 bits per heavy atom. The van der Waals surface area contributed by atoms with Crippen LogP contribution in [0.3, 0.4) is 0 Å². The molecule has 0 radical (unpaired) electrons. The fourth-order valence-electron chi connectivity index (χ4n) is 1.79. The van der Waals surface area contributed by atoms with Gasteiger partial charge in [0.25, 0.3) is 0 Å². The average molecular weight is 203 g/mol. The largest absolute Gasteiger partial charge is 0.481 e. The highest BCUT2D eigenvalue weighted by Crippen LogP contribution is 2.47. The lowest BCUT2D eigenvalue weighted by Crippen LogP contribution is -1.98. The van der Waals surface area contributed by atoms with Crippen molar-refractivity contribution in [3.63, 3.8) is 0 Å². The van der Waals surface area contributed by atoms with Crippen molar-refractivity contribution in [2.75, 3.05) is 0 Å². The molecule has 0 unspecified atom stereocenters. The van der Waals surface area contributed by atoms with Gasteiger partial charge in [-0.2, -0.15) is 0 Å². The van der Waals surface area contributed by atoms with Gasteiger partial charge in [-0.25, -0.2) is 4.98 Å². The molecule has 0 bridgehead atoms. The van der Waals surface area contributed by atoms with E-state index in [0.29, 0.717) is 12.3 Å². The summed E-state index contributed by atoms with van der Waals surface area (Å²) in [6, 6.07) is 7.46. The van der Waals surface area contributed by atoms with Crippen molar-refractivity contribution in [2.24, 2.45) is 5.92 Å². The van der Waals surface area contributed by atoms with Crippen LogP contribution in [0.15, 0.2) is 28.7 Å². The van der Waals surface area contributed by atoms with Crippen LogP contribution in [0.25, 0.3) is 11.1 Å². The number of nitrogens with zero attached hydrogens (tertiary/aromatic N) is 1. The lowest BCUT2D eigenvalue weighted by molar-refractivity contribution is -0.138. The van der Waals surface area contributed by atoms with E-state index >= 15 is 0 Å². The van der Waals surface area contributed by atoms with Gasteiger partial charge in [-0.3, -0.25) is 4.79 Å². The zero-order valence-corrected chi connectivity index (χ0v) is 7.88. The summed E-state index contributed by atoms with van der Waals surface area (Å²) in [5.74, 6) is -0.543. The van der Waals surface area contributed by atoms with Crippen molar-refractivity contribution >= 4 is 17.1 Å². The van der Waals surface area contributed by atoms with Gasteiger partial charge in [0, 0.05) is 5.92 Å². The van der Waals surface area contributed by atoms with Gasteiger partial charge in [-0.1, -0.05) is 12.1 Å². The number of carboxylic acid groups (broad SMARTS) is 1. The lowest BCUT2D eigenvalue weighted by atomic mass is 10.3. The summed E-state index contributed by atoms with van der Waals surface area (Å²) < 4.78 is 5.50. The normalized spacial score (nSPS) is 24.3. The van der Waals surface area contributed by atoms with Crippen LogP contribution >= 0.6 is 0 Å². The Bertz CT molecular complexity index is 498. The molecule has 2 atom stereocenters. The van der Waals surface area contributed by atoms with Crippen molar-refractivity contribution in [3.8, 4) is 0 Å². The molecule has 76 valence electrons. The van der Waals surface area contributed by atoms with Crippen LogP contribution in [0.1, 0.15) is 18.2 Å². The highest BCUT2D eigenvalue weighted by Gasteiger charge is 2.47. The van der Waals surface area contributed by atoms with E-state index in [1.54, 1.807) is 0 Å². The highest BCUT2D eigenvalue weighted by atomic mass is 16.4. The number of hydrogen-bond donors (Lipinski definition) is 1. The molecule has 1 heterocycles. The van der Waals surface area contributed by atoms with E-state index in [9.17, 15) is 4.79 Å². The minimum atomic E-state index is -0.762. The molecule has 3 rings (SSSR count). The van der Waals surface area contributed by atoms with E-state index in [1.165, 1.54) is 0 Å². The molecular formula is C11H9NO3. The van der Waals surface area contributed by atoms with E-state index in [-0.39, 0.29) is 11.8 Å². The summed E-state index contributed by atoms with van der Waals surface area (Å²) in [5, 5.41) is 8.79. The maximum Gasteiger partial charge on any atom is 0.307 e. The Hall–Kier alpha value is -1.84. The van der Waals surface area contributed by atoms with Crippen LogP contribution in [0.4, 0.5) is 0 Å². The maximum absolute atomic E-state index is 10.7. The Labute approximate surface area is 85.5 Å². The first-order valence-corrected chi connectivity index (χ1v) is 4.84. The van der Waals surface area contributed by atoms with Gasteiger partial charge in [-0.15, -0.1) is 0 Å². The molecule has 2 aromatic rings. The number of hydrogen-bond acceptors (Lipinski definition) is 3. The number of carboxylic acids is 1. The molecule has 1 aliphatic carbocycles. The van der Waals surface area contributed by atoms with Crippen LogP contribution in [-0.4, -0.2) is 16.1 Å². The maximum atomic E-state index is 10.7. The summed E-state index contributed by atoms with van der Waals surface area (Å²) in [5.41, 5.74) is 1.52. The molecule has 0 aliphatic heterocycles. The van der Waals surface area contributed by atoms with Crippen LogP contribution in [0.2, 0.25) is 0 Å². The summed E-state index contributed by atoms with van der Waals surface area (Å²) >= 11 is 0. The van der Waals surface area contributed by atoms with E-state index in [2.05, 4.69) is 4.98 Å². The minimum Gasteiger partial charge on any atom is -0.481 e. The first-order valence-electron chi connectivity index (χ1n) is 4.84. The van der Waals surface area contributed by atoms with E-state index in [0.717, 1.165) is 11.1 Å². The van der Waals surface area contributed by atoms with Crippen molar-refractivity contribution in [1.29, 1.82) is 0 Å². The summed E-state index contributed by atoms with van der Waals surface area (Å²) in [7, 11) is 0. The monoisotopic (exact) mass is 203 g/mol. The molecule has 4 heteroatoms. The van der Waals surface area contributed by atoms with Crippen LogP contribution in [0.5, 0.6) is 0 Å². The summed E-state index contributed by atoms with van der Waals surface area (Å²) in [6.45, 7) is 0. The third-order valence-corrected chi connectivity index (χ3v) is 2.74. The van der Waals surface area contributed by atoms with E-state index in [1.807, 2.05) is 24.3 Å². The molecule has 1 aromatic carbocycles. The number of rotatable bonds is 2. The van der Waals surface area contributed by atoms with Gasteiger partial charge >= 0.3 is 5.97 Å². The zero-order valence-electron chi connectivity index (χ0n) is 7.88. The van der Waals surface area contributed by atoms with Crippen molar-refractivity contribution in [3.05, 3.63) is 30.2 Å². The predicted molar refractivity (Wildman–Crippen MR) is 52.5 cm³/mol. The molecule has 4 nitrogen and oxygen atoms in total. The van der Waals surface area contributed by atoms with E-state index < -0.39 is 5.97 Å². The third-order valence-electron chi connectivity index (χ3n) is 2.74. The van der Waals surface area contributed by atoms with Gasteiger partial charge in [-0.05, 0) is 18.6 Å². The predicted octanol–water partition coefficient (Wildman–Crippen LogP) is 2.02. The quantitative estimate of drug-likeness (QED) is 0.810. The molecule has 1 aliphatic rings. The minimum absolute atomic E-state index is 0.0325. The molecule has 1 fully saturated rings. The van der Waals surface area contributed by atoms with E-state index in [4.69, 9.17) is 9.52 Å². The van der Waals surface area contributed by atoms with Crippen LogP contribution in [0, 0.1) is 5.92 Å². The van der Waals surface area contributed by atoms with Gasteiger partial charge in [0.05, 0.1) is 5.92 Å². The van der Waals surface area contributed by atoms with Gasteiger partial charge < -0.3 is 9.52 Å². The van der Waals surface area contributed by atoms with Gasteiger partial charge in [0.15, 0.2) is 11.5 Å². The van der Waals surface area contributed by atoms with Crippen molar-refractivity contribution in [1.82, 2.24) is 4.98 Å². The number of para-hydroxylation sites is 2. The Morgan fingerprint density at radius 2 is 2.27 bits per heavy atom. The molecule has 1 saturated carbocycles. The molecule has 0 saturated heterocycles.